The smallest absolute Gasteiger partial charge is 0.0802 e. The summed E-state index contributed by atoms with van der Waals surface area (Å²) in [7, 11) is 0. The van der Waals surface area contributed by atoms with Crippen LogP contribution in [0.4, 0.5) is 0 Å². The molecule has 1 aromatic carbocycles. The minimum atomic E-state index is -0.335. The van der Waals surface area contributed by atoms with E-state index in [9.17, 15) is 5.11 Å². The first kappa shape index (κ1) is 15.5. The molecule has 1 unspecified atom stereocenters. The van der Waals surface area contributed by atoms with E-state index in [-0.39, 0.29) is 6.10 Å². The molecule has 0 bridgehead atoms. The first-order valence-corrected chi connectivity index (χ1v) is 7.79. The molecule has 0 spiro atoms. The van der Waals surface area contributed by atoms with Crippen LogP contribution in [-0.4, -0.2) is 54.2 Å². The van der Waals surface area contributed by atoms with E-state index in [2.05, 4.69) is 48.8 Å². The fourth-order valence-corrected chi connectivity index (χ4v) is 3.00. The Kier molecular flexibility index (Phi) is 5.58. The fraction of sp³-hybridized carbons (Fsp3) is 0.647. The molecule has 3 heteroatoms. The Labute approximate surface area is 123 Å². The van der Waals surface area contributed by atoms with Gasteiger partial charge in [-0.15, -0.1) is 0 Å². The third kappa shape index (κ3) is 4.30. The number of benzene rings is 1. The van der Waals surface area contributed by atoms with E-state index in [0.717, 1.165) is 51.3 Å². The average Bonchev–Trinajstić information content (AvgIpc) is 2.44. The molecule has 2 rings (SSSR count). The number of nitrogens with zero attached hydrogens (tertiary/aromatic N) is 2. The summed E-state index contributed by atoms with van der Waals surface area (Å²) in [6, 6.07) is 6.36. The van der Waals surface area contributed by atoms with Gasteiger partial charge >= 0.3 is 0 Å². The van der Waals surface area contributed by atoms with Crippen LogP contribution >= 0.6 is 0 Å². The van der Waals surface area contributed by atoms with Crippen LogP contribution in [0.25, 0.3) is 0 Å². The largest absolute Gasteiger partial charge is 0.388 e. The molecular weight excluding hydrogens is 248 g/mol. The summed E-state index contributed by atoms with van der Waals surface area (Å²) in [6.07, 6.45) is 0.493. The zero-order chi connectivity index (χ0) is 14.5. The zero-order valence-electron chi connectivity index (χ0n) is 13.1. The van der Waals surface area contributed by atoms with Crippen molar-refractivity contribution in [2.45, 2.75) is 33.3 Å². The second-order valence-electron chi connectivity index (χ2n) is 6.00. The van der Waals surface area contributed by atoms with Gasteiger partial charge in [0.2, 0.25) is 0 Å². The highest BCUT2D eigenvalue weighted by Gasteiger charge is 2.17. The molecule has 1 saturated heterocycles. The molecule has 1 N–H and O–H groups in total. The lowest BCUT2D eigenvalue weighted by atomic mass is 10.0. The predicted octanol–water partition coefficient (Wildman–Crippen LogP) is 2.36. The Morgan fingerprint density at radius 3 is 2.10 bits per heavy atom. The van der Waals surface area contributed by atoms with Gasteiger partial charge < -0.3 is 14.9 Å². The lowest BCUT2D eigenvalue weighted by molar-refractivity contribution is 0.105. The normalized spacial score (nSPS) is 19.2. The maximum Gasteiger partial charge on any atom is 0.0802 e. The van der Waals surface area contributed by atoms with Crippen LogP contribution in [0.5, 0.6) is 0 Å². The van der Waals surface area contributed by atoms with E-state index in [1.54, 1.807) is 0 Å². The van der Waals surface area contributed by atoms with Crippen LogP contribution in [0.2, 0.25) is 0 Å². The quantitative estimate of drug-likeness (QED) is 0.894. The van der Waals surface area contributed by atoms with Crippen molar-refractivity contribution < 1.29 is 5.11 Å². The lowest BCUT2D eigenvalue weighted by Gasteiger charge is -2.34. The van der Waals surface area contributed by atoms with Crippen molar-refractivity contribution in [3.63, 3.8) is 0 Å². The molecule has 0 saturated carbocycles. The van der Waals surface area contributed by atoms with E-state index in [4.69, 9.17) is 0 Å². The third-order valence-electron chi connectivity index (χ3n) is 4.26. The first-order chi connectivity index (χ1) is 9.58. The maximum absolute atomic E-state index is 10.4. The Morgan fingerprint density at radius 1 is 1.00 bits per heavy atom. The number of hydrogen-bond donors (Lipinski definition) is 1. The Hall–Kier alpha value is -0.900. The maximum atomic E-state index is 10.4. The molecule has 1 heterocycles. The number of piperazine rings is 1. The molecule has 1 atom stereocenters. The van der Waals surface area contributed by atoms with Gasteiger partial charge in [0.05, 0.1) is 6.10 Å². The molecule has 0 radical (unpaired) electrons. The van der Waals surface area contributed by atoms with Crippen LogP contribution in [0, 0.1) is 13.8 Å². The summed E-state index contributed by atoms with van der Waals surface area (Å²) in [6.45, 7) is 13.1. The molecule has 0 aromatic heterocycles. The van der Waals surface area contributed by atoms with Gasteiger partial charge in [-0.05, 0) is 32.4 Å². The molecule has 1 aromatic rings. The van der Waals surface area contributed by atoms with Gasteiger partial charge in [0, 0.05) is 32.7 Å². The van der Waals surface area contributed by atoms with Crippen molar-refractivity contribution in [1.82, 2.24) is 9.80 Å². The number of hydrogen-bond acceptors (Lipinski definition) is 3. The second-order valence-corrected chi connectivity index (χ2v) is 6.00. The monoisotopic (exact) mass is 276 g/mol. The Bertz CT molecular complexity index is 405. The van der Waals surface area contributed by atoms with Gasteiger partial charge in [0.15, 0.2) is 0 Å². The van der Waals surface area contributed by atoms with Gasteiger partial charge in [-0.25, -0.2) is 0 Å². The van der Waals surface area contributed by atoms with Crippen LogP contribution in [0.1, 0.15) is 36.1 Å². The Balaban J connectivity index is 1.81. The first-order valence-electron chi connectivity index (χ1n) is 7.79. The summed E-state index contributed by atoms with van der Waals surface area (Å²) in [5.74, 6) is 0. The van der Waals surface area contributed by atoms with Crippen molar-refractivity contribution in [1.29, 1.82) is 0 Å². The molecule has 3 nitrogen and oxygen atoms in total. The third-order valence-corrected chi connectivity index (χ3v) is 4.26. The summed E-state index contributed by atoms with van der Waals surface area (Å²) < 4.78 is 0. The van der Waals surface area contributed by atoms with E-state index >= 15 is 0 Å². The van der Waals surface area contributed by atoms with E-state index in [1.165, 1.54) is 11.1 Å². The number of aryl methyl sites for hydroxylation is 2. The molecule has 112 valence electrons. The lowest BCUT2D eigenvalue weighted by Crippen LogP contribution is -2.46. The van der Waals surface area contributed by atoms with Gasteiger partial charge in [-0.3, -0.25) is 0 Å². The van der Waals surface area contributed by atoms with Crippen LogP contribution < -0.4 is 0 Å². The Morgan fingerprint density at radius 2 is 1.55 bits per heavy atom. The van der Waals surface area contributed by atoms with Crippen molar-refractivity contribution in [3.05, 3.63) is 34.9 Å². The summed E-state index contributed by atoms with van der Waals surface area (Å²) >= 11 is 0. The van der Waals surface area contributed by atoms with E-state index in [1.807, 2.05) is 0 Å². The fourth-order valence-electron chi connectivity index (χ4n) is 3.00. The number of likely N-dealkylation sites (N-methyl/N-ethyl adjacent to an activating group) is 1. The predicted molar refractivity (Wildman–Crippen MR) is 84.0 cm³/mol. The minimum absolute atomic E-state index is 0.335. The van der Waals surface area contributed by atoms with Crippen LogP contribution in [0.15, 0.2) is 18.2 Å². The highest BCUT2D eigenvalue weighted by Crippen LogP contribution is 2.20. The van der Waals surface area contributed by atoms with E-state index < -0.39 is 0 Å². The SMILES string of the molecule is CCN1CCN(CCC(O)c2cc(C)cc(C)c2)CC1. The highest BCUT2D eigenvalue weighted by molar-refractivity contribution is 5.29. The highest BCUT2D eigenvalue weighted by atomic mass is 16.3. The van der Waals surface area contributed by atoms with Crippen LogP contribution in [0.3, 0.4) is 0 Å². The van der Waals surface area contributed by atoms with Crippen molar-refractivity contribution in [3.8, 4) is 0 Å². The van der Waals surface area contributed by atoms with E-state index in [0.29, 0.717) is 0 Å². The van der Waals surface area contributed by atoms with Gasteiger partial charge in [0.25, 0.3) is 0 Å². The zero-order valence-corrected chi connectivity index (χ0v) is 13.1. The molecule has 1 aliphatic heterocycles. The van der Waals surface area contributed by atoms with Gasteiger partial charge in [0.1, 0.15) is 0 Å². The van der Waals surface area contributed by atoms with Crippen molar-refractivity contribution in [2.75, 3.05) is 39.3 Å². The molecule has 1 aliphatic rings. The molecular formula is C17H28N2O. The van der Waals surface area contributed by atoms with Gasteiger partial charge in [-0.1, -0.05) is 36.2 Å². The average molecular weight is 276 g/mol. The topological polar surface area (TPSA) is 26.7 Å². The number of aliphatic hydroxyl groups is 1. The summed E-state index contributed by atoms with van der Waals surface area (Å²) in [4.78, 5) is 4.95. The van der Waals surface area contributed by atoms with Crippen LogP contribution in [-0.2, 0) is 0 Å². The summed E-state index contributed by atoms with van der Waals surface area (Å²) in [5, 5.41) is 10.4. The molecule has 0 amide bonds. The molecule has 20 heavy (non-hydrogen) atoms. The standard InChI is InChI=1S/C17H28N2O/c1-4-18-7-9-19(10-8-18)6-5-17(20)16-12-14(2)11-15(3)13-16/h11-13,17,20H,4-10H2,1-3H3. The summed E-state index contributed by atoms with van der Waals surface area (Å²) in [5.41, 5.74) is 3.53. The van der Waals surface area contributed by atoms with Crippen molar-refractivity contribution >= 4 is 0 Å². The van der Waals surface area contributed by atoms with Crippen molar-refractivity contribution in [2.24, 2.45) is 0 Å². The number of aliphatic hydroxyl groups excluding tert-OH is 1. The molecule has 0 aliphatic carbocycles. The van der Waals surface area contributed by atoms with Gasteiger partial charge in [-0.2, -0.15) is 0 Å². The minimum Gasteiger partial charge on any atom is -0.388 e. The second kappa shape index (κ2) is 7.21. The molecule has 1 fully saturated rings. The number of rotatable bonds is 5.